The van der Waals surface area contributed by atoms with Gasteiger partial charge in [-0.1, -0.05) is 22.5 Å². The van der Waals surface area contributed by atoms with Crippen molar-refractivity contribution in [2.45, 2.75) is 19.9 Å². The third-order valence-electron chi connectivity index (χ3n) is 1.24. The molecule has 0 saturated carbocycles. The van der Waals surface area contributed by atoms with Crippen LogP contribution in [-0.2, 0) is 9.53 Å². The molecule has 0 aromatic rings. The highest BCUT2D eigenvalue weighted by Gasteiger charge is 2.11. The summed E-state index contributed by atoms with van der Waals surface area (Å²) in [5, 5.41) is 2.95. The Morgan fingerprint density at radius 3 is 2.75 bits per heavy atom. The first-order chi connectivity index (χ1) is 5.57. The Bertz CT molecular complexity index is 170. The van der Waals surface area contributed by atoms with Crippen LogP contribution < -0.4 is 5.32 Å². The van der Waals surface area contributed by atoms with Crippen LogP contribution in [0.5, 0.6) is 0 Å². The third-order valence-corrected chi connectivity index (χ3v) is 1.52. The van der Waals surface area contributed by atoms with E-state index >= 15 is 0 Å². The summed E-state index contributed by atoms with van der Waals surface area (Å²) in [6.07, 6.45) is 0. The molecule has 4 heteroatoms. The molecule has 0 amide bonds. The summed E-state index contributed by atoms with van der Waals surface area (Å²) in [6.45, 7) is 8.16. The van der Waals surface area contributed by atoms with E-state index in [0.717, 1.165) is 4.48 Å². The highest BCUT2D eigenvalue weighted by atomic mass is 79.9. The third kappa shape index (κ3) is 5.32. The van der Waals surface area contributed by atoms with Crippen LogP contribution in [0.25, 0.3) is 0 Å². The lowest BCUT2D eigenvalue weighted by atomic mass is 10.3. The molecule has 1 atom stereocenters. The second-order valence-corrected chi connectivity index (χ2v) is 3.49. The van der Waals surface area contributed by atoms with Crippen LogP contribution in [-0.4, -0.2) is 25.2 Å². The van der Waals surface area contributed by atoms with Crippen LogP contribution in [0.3, 0.4) is 0 Å². The van der Waals surface area contributed by atoms with E-state index in [1.807, 2.05) is 0 Å². The Kier molecular flexibility index (Phi) is 6.02. The molecule has 0 aromatic heterocycles. The number of halogens is 1. The smallest absolute Gasteiger partial charge is 0.322 e. The first-order valence-electron chi connectivity index (χ1n) is 3.81. The Labute approximate surface area is 81.3 Å². The molecular formula is C8H14BrNO2. The van der Waals surface area contributed by atoms with Gasteiger partial charge in [-0.2, -0.15) is 0 Å². The van der Waals surface area contributed by atoms with Gasteiger partial charge in [-0.05, 0) is 13.8 Å². The predicted molar refractivity (Wildman–Crippen MR) is 52.2 cm³/mol. The average molecular weight is 236 g/mol. The molecule has 0 heterocycles. The van der Waals surface area contributed by atoms with E-state index in [9.17, 15) is 4.79 Å². The summed E-state index contributed by atoms with van der Waals surface area (Å²) >= 11 is 3.18. The highest BCUT2D eigenvalue weighted by molar-refractivity contribution is 9.11. The van der Waals surface area contributed by atoms with Gasteiger partial charge in [-0.15, -0.1) is 0 Å². The summed E-state index contributed by atoms with van der Waals surface area (Å²) < 4.78 is 5.61. The summed E-state index contributed by atoms with van der Waals surface area (Å²) in [5.74, 6) is -0.230. The molecule has 0 saturated heterocycles. The van der Waals surface area contributed by atoms with E-state index in [0.29, 0.717) is 13.2 Å². The number of rotatable bonds is 5. The van der Waals surface area contributed by atoms with Crippen molar-refractivity contribution in [3.05, 3.63) is 11.1 Å². The minimum Gasteiger partial charge on any atom is -0.465 e. The Morgan fingerprint density at radius 1 is 1.75 bits per heavy atom. The molecule has 0 fully saturated rings. The zero-order valence-electron chi connectivity index (χ0n) is 7.39. The fourth-order valence-electron chi connectivity index (χ4n) is 0.614. The van der Waals surface area contributed by atoms with E-state index in [4.69, 9.17) is 4.74 Å². The first kappa shape index (κ1) is 11.6. The minimum absolute atomic E-state index is 0.230. The van der Waals surface area contributed by atoms with Crippen molar-refractivity contribution in [3.8, 4) is 0 Å². The molecule has 1 N–H and O–H groups in total. The van der Waals surface area contributed by atoms with E-state index in [1.54, 1.807) is 13.8 Å². The molecule has 12 heavy (non-hydrogen) atoms. The van der Waals surface area contributed by atoms with Crippen molar-refractivity contribution in [1.29, 1.82) is 0 Å². The maximum atomic E-state index is 11.0. The van der Waals surface area contributed by atoms with E-state index in [2.05, 4.69) is 27.8 Å². The second-order valence-electron chi connectivity index (χ2n) is 2.37. The SMILES string of the molecule is C=C(Br)CNC(C)C(=O)OCC. The molecule has 0 aliphatic carbocycles. The number of esters is 1. The van der Waals surface area contributed by atoms with Crippen molar-refractivity contribution >= 4 is 21.9 Å². The van der Waals surface area contributed by atoms with Crippen LogP contribution in [0.2, 0.25) is 0 Å². The fraction of sp³-hybridized carbons (Fsp3) is 0.625. The molecule has 70 valence electrons. The Morgan fingerprint density at radius 2 is 2.33 bits per heavy atom. The number of ether oxygens (including phenoxy) is 1. The van der Waals surface area contributed by atoms with Gasteiger partial charge in [0.2, 0.25) is 0 Å². The molecule has 0 radical (unpaired) electrons. The standard InChI is InChI=1S/C8H14BrNO2/c1-4-12-8(11)7(3)10-5-6(2)9/h7,10H,2,4-5H2,1,3H3. The predicted octanol–water partition coefficient (Wildman–Crippen LogP) is 1.44. The van der Waals surface area contributed by atoms with Crippen LogP contribution in [0.15, 0.2) is 11.1 Å². The van der Waals surface area contributed by atoms with Crippen molar-refractivity contribution in [2.24, 2.45) is 0 Å². The molecule has 0 aromatic carbocycles. The van der Waals surface area contributed by atoms with Gasteiger partial charge in [0, 0.05) is 11.0 Å². The minimum atomic E-state index is -0.278. The largest absolute Gasteiger partial charge is 0.465 e. The molecule has 0 aliphatic rings. The topological polar surface area (TPSA) is 38.3 Å². The van der Waals surface area contributed by atoms with Crippen molar-refractivity contribution in [3.63, 3.8) is 0 Å². The molecule has 0 aliphatic heterocycles. The zero-order valence-corrected chi connectivity index (χ0v) is 8.98. The molecular weight excluding hydrogens is 222 g/mol. The second kappa shape index (κ2) is 6.20. The van der Waals surface area contributed by atoms with Gasteiger partial charge in [-0.3, -0.25) is 4.79 Å². The fourth-order valence-corrected chi connectivity index (χ4v) is 0.776. The van der Waals surface area contributed by atoms with E-state index < -0.39 is 0 Å². The molecule has 0 rings (SSSR count). The van der Waals surface area contributed by atoms with Gasteiger partial charge in [-0.25, -0.2) is 0 Å². The molecule has 0 spiro atoms. The molecule has 3 nitrogen and oxygen atoms in total. The van der Waals surface area contributed by atoms with Crippen molar-refractivity contribution in [2.75, 3.05) is 13.2 Å². The van der Waals surface area contributed by atoms with Gasteiger partial charge in [0.25, 0.3) is 0 Å². The van der Waals surface area contributed by atoms with Crippen molar-refractivity contribution in [1.82, 2.24) is 5.32 Å². The summed E-state index contributed by atoms with van der Waals surface area (Å²) in [5.41, 5.74) is 0. The van der Waals surface area contributed by atoms with E-state index in [-0.39, 0.29) is 12.0 Å². The molecule has 0 bridgehead atoms. The van der Waals surface area contributed by atoms with Crippen LogP contribution >= 0.6 is 15.9 Å². The number of nitrogens with one attached hydrogen (secondary N) is 1. The van der Waals surface area contributed by atoms with Gasteiger partial charge < -0.3 is 10.1 Å². The summed E-state index contributed by atoms with van der Waals surface area (Å²) in [4.78, 5) is 11.0. The van der Waals surface area contributed by atoms with Crippen molar-refractivity contribution < 1.29 is 9.53 Å². The monoisotopic (exact) mass is 235 g/mol. The normalized spacial score (nSPS) is 12.2. The van der Waals surface area contributed by atoms with E-state index in [1.165, 1.54) is 0 Å². The number of hydrogen-bond acceptors (Lipinski definition) is 3. The summed E-state index contributed by atoms with van der Waals surface area (Å²) in [7, 11) is 0. The number of carbonyl (C=O) groups excluding carboxylic acids is 1. The molecule has 1 unspecified atom stereocenters. The van der Waals surface area contributed by atoms with Gasteiger partial charge in [0.15, 0.2) is 0 Å². The maximum absolute atomic E-state index is 11.0. The Hall–Kier alpha value is -0.350. The average Bonchev–Trinajstić information content (AvgIpc) is 2.00. The lowest BCUT2D eigenvalue weighted by molar-refractivity contribution is -0.145. The van der Waals surface area contributed by atoms with Gasteiger partial charge >= 0.3 is 5.97 Å². The lowest BCUT2D eigenvalue weighted by Gasteiger charge is -2.11. The van der Waals surface area contributed by atoms with Crippen LogP contribution in [0.1, 0.15) is 13.8 Å². The zero-order chi connectivity index (χ0) is 9.56. The lowest BCUT2D eigenvalue weighted by Crippen LogP contribution is -2.35. The maximum Gasteiger partial charge on any atom is 0.322 e. The highest BCUT2D eigenvalue weighted by Crippen LogP contribution is 1.98. The number of carbonyl (C=O) groups is 1. The Balaban J connectivity index is 3.63. The first-order valence-corrected chi connectivity index (χ1v) is 4.60. The number of hydrogen-bond donors (Lipinski definition) is 1. The van der Waals surface area contributed by atoms with Gasteiger partial charge in [0.1, 0.15) is 6.04 Å². The summed E-state index contributed by atoms with van der Waals surface area (Å²) in [6, 6.07) is -0.278. The van der Waals surface area contributed by atoms with Crippen LogP contribution in [0, 0.1) is 0 Å². The quantitative estimate of drug-likeness (QED) is 0.734. The van der Waals surface area contributed by atoms with Crippen LogP contribution in [0.4, 0.5) is 0 Å². The van der Waals surface area contributed by atoms with Gasteiger partial charge in [0.05, 0.1) is 6.61 Å².